The highest BCUT2D eigenvalue weighted by Crippen LogP contribution is 2.12. The first-order chi connectivity index (χ1) is 6.61. The van der Waals surface area contributed by atoms with E-state index in [4.69, 9.17) is 5.11 Å². The van der Waals surface area contributed by atoms with Crippen LogP contribution in [0.1, 0.15) is 12.0 Å². The van der Waals surface area contributed by atoms with Crippen molar-refractivity contribution in [3.8, 4) is 0 Å². The summed E-state index contributed by atoms with van der Waals surface area (Å²) in [5.41, 5.74) is 0.941. The lowest BCUT2D eigenvalue weighted by molar-refractivity contribution is -0.136. The Hall–Kier alpha value is -1.16. The Labute approximate surface area is 85.2 Å². The van der Waals surface area contributed by atoms with E-state index >= 15 is 0 Å². The largest absolute Gasteiger partial charge is 0.481 e. The van der Waals surface area contributed by atoms with E-state index in [1.165, 1.54) is 0 Å². The van der Waals surface area contributed by atoms with Crippen molar-refractivity contribution in [1.82, 2.24) is 0 Å². The SMILES string of the molecule is Cc1ccccc1S(=O)CCC(=O)O. The van der Waals surface area contributed by atoms with Crippen molar-refractivity contribution >= 4 is 16.8 Å². The van der Waals surface area contributed by atoms with Gasteiger partial charge in [-0.25, -0.2) is 0 Å². The summed E-state index contributed by atoms with van der Waals surface area (Å²) < 4.78 is 11.6. The van der Waals surface area contributed by atoms with Gasteiger partial charge in [-0.1, -0.05) is 18.2 Å². The molecule has 0 heterocycles. The van der Waals surface area contributed by atoms with Crippen LogP contribution in [0.3, 0.4) is 0 Å². The molecule has 0 aliphatic heterocycles. The monoisotopic (exact) mass is 212 g/mol. The number of hydrogen-bond acceptors (Lipinski definition) is 2. The molecular weight excluding hydrogens is 200 g/mol. The quantitative estimate of drug-likeness (QED) is 0.824. The molecule has 0 saturated heterocycles. The molecule has 0 spiro atoms. The van der Waals surface area contributed by atoms with Crippen LogP contribution in [0.2, 0.25) is 0 Å². The number of carbonyl (C=O) groups is 1. The van der Waals surface area contributed by atoms with Gasteiger partial charge >= 0.3 is 5.97 Å². The number of aliphatic carboxylic acids is 1. The molecule has 1 atom stereocenters. The summed E-state index contributed by atoms with van der Waals surface area (Å²) >= 11 is 0. The predicted octanol–water partition coefficient (Wildman–Crippen LogP) is 1.58. The predicted molar refractivity (Wildman–Crippen MR) is 54.7 cm³/mol. The van der Waals surface area contributed by atoms with Crippen molar-refractivity contribution in [3.63, 3.8) is 0 Å². The molecule has 1 rings (SSSR count). The zero-order chi connectivity index (χ0) is 10.6. The normalized spacial score (nSPS) is 12.4. The minimum absolute atomic E-state index is 0.0546. The van der Waals surface area contributed by atoms with E-state index in [2.05, 4.69) is 0 Å². The van der Waals surface area contributed by atoms with Crippen LogP contribution in [-0.2, 0) is 15.6 Å². The van der Waals surface area contributed by atoms with Crippen molar-refractivity contribution in [2.45, 2.75) is 18.2 Å². The fourth-order valence-corrected chi connectivity index (χ4v) is 2.34. The maximum absolute atomic E-state index is 11.6. The number of carboxylic acid groups (broad SMARTS) is 1. The molecule has 14 heavy (non-hydrogen) atoms. The van der Waals surface area contributed by atoms with Crippen LogP contribution >= 0.6 is 0 Å². The fraction of sp³-hybridized carbons (Fsp3) is 0.300. The van der Waals surface area contributed by atoms with Crippen LogP contribution in [0.25, 0.3) is 0 Å². The molecule has 0 amide bonds. The summed E-state index contributed by atoms with van der Waals surface area (Å²) in [5, 5.41) is 8.44. The second kappa shape index (κ2) is 4.91. The first-order valence-corrected chi connectivity index (χ1v) is 5.59. The zero-order valence-electron chi connectivity index (χ0n) is 7.90. The lowest BCUT2D eigenvalue weighted by Gasteiger charge is -2.03. The molecule has 1 unspecified atom stereocenters. The van der Waals surface area contributed by atoms with Gasteiger partial charge < -0.3 is 5.11 Å². The number of aryl methyl sites for hydroxylation is 1. The van der Waals surface area contributed by atoms with Crippen LogP contribution in [0.15, 0.2) is 29.2 Å². The van der Waals surface area contributed by atoms with Crippen LogP contribution in [0.4, 0.5) is 0 Å². The van der Waals surface area contributed by atoms with Crippen LogP contribution in [0, 0.1) is 6.92 Å². The molecule has 4 heteroatoms. The van der Waals surface area contributed by atoms with Gasteiger partial charge in [-0.05, 0) is 18.6 Å². The van der Waals surface area contributed by atoms with E-state index in [-0.39, 0.29) is 12.2 Å². The highest BCUT2D eigenvalue weighted by Gasteiger charge is 2.08. The molecule has 0 fully saturated rings. The molecule has 3 nitrogen and oxygen atoms in total. The lowest BCUT2D eigenvalue weighted by atomic mass is 10.2. The molecule has 0 bridgehead atoms. The molecule has 1 aromatic carbocycles. The number of hydrogen-bond donors (Lipinski definition) is 1. The maximum atomic E-state index is 11.6. The van der Waals surface area contributed by atoms with Gasteiger partial charge in [-0.3, -0.25) is 9.00 Å². The molecule has 0 aliphatic rings. The van der Waals surface area contributed by atoms with Crippen molar-refractivity contribution in [2.24, 2.45) is 0 Å². The minimum Gasteiger partial charge on any atom is -0.481 e. The van der Waals surface area contributed by atoms with Gasteiger partial charge in [0.25, 0.3) is 0 Å². The highest BCUT2D eigenvalue weighted by molar-refractivity contribution is 7.85. The first kappa shape index (κ1) is 10.9. The van der Waals surface area contributed by atoms with Crippen LogP contribution in [0.5, 0.6) is 0 Å². The smallest absolute Gasteiger partial charge is 0.304 e. The molecule has 0 aromatic heterocycles. The average Bonchev–Trinajstić information content (AvgIpc) is 2.15. The van der Waals surface area contributed by atoms with Gasteiger partial charge in [0.05, 0.1) is 17.2 Å². The summed E-state index contributed by atoms with van der Waals surface area (Å²) in [7, 11) is -1.20. The standard InChI is InChI=1S/C10H12O3S/c1-8-4-2-3-5-9(8)14(13)7-6-10(11)12/h2-5H,6-7H2,1H3,(H,11,12). The van der Waals surface area contributed by atoms with E-state index in [0.717, 1.165) is 10.5 Å². The van der Waals surface area contributed by atoms with Gasteiger partial charge in [-0.2, -0.15) is 0 Å². The lowest BCUT2D eigenvalue weighted by Crippen LogP contribution is -2.05. The van der Waals surface area contributed by atoms with E-state index in [0.29, 0.717) is 0 Å². The third kappa shape index (κ3) is 2.96. The Bertz CT molecular complexity index is 360. The van der Waals surface area contributed by atoms with Crippen molar-refractivity contribution in [1.29, 1.82) is 0 Å². The van der Waals surface area contributed by atoms with Crippen LogP contribution in [-0.4, -0.2) is 21.0 Å². The third-order valence-electron chi connectivity index (χ3n) is 1.84. The molecule has 1 N–H and O–H groups in total. The Morgan fingerprint density at radius 2 is 2.07 bits per heavy atom. The van der Waals surface area contributed by atoms with Gasteiger partial charge in [0.15, 0.2) is 0 Å². The molecule has 76 valence electrons. The fourth-order valence-electron chi connectivity index (χ4n) is 1.10. The van der Waals surface area contributed by atoms with Crippen molar-refractivity contribution < 1.29 is 14.1 Å². The van der Waals surface area contributed by atoms with Gasteiger partial charge in [0, 0.05) is 10.6 Å². The van der Waals surface area contributed by atoms with Gasteiger partial charge in [-0.15, -0.1) is 0 Å². The Kier molecular flexibility index (Phi) is 3.83. The molecule has 0 saturated carbocycles. The van der Waals surface area contributed by atoms with E-state index < -0.39 is 16.8 Å². The second-order valence-electron chi connectivity index (χ2n) is 2.96. The summed E-state index contributed by atoms with van der Waals surface area (Å²) in [5.74, 6) is -0.730. The van der Waals surface area contributed by atoms with Gasteiger partial charge in [0.1, 0.15) is 0 Å². The van der Waals surface area contributed by atoms with E-state index in [1.54, 1.807) is 12.1 Å². The molecule has 0 aliphatic carbocycles. The maximum Gasteiger partial charge on any atom is 0.304 e. The first-order valence-electron chi connectivity index (χ1n) is 4.27. The van der Waals surface area contributed by atoms with Crippen molar-refractivity contribution in [2.75, 3.05) is 5.75 Å². The molecule has 1 aromatic rings. The van der Waals surface area contributed by atoms with Crippen LogP contribution < -0.4 is 0 Å². The summed E-state index contributed by atoms with van der Waals surface area (Å²) in [4.78, 5) is 11.0. The summed E-state index contributed by atoms with van der Waals surface area (Å²) in [6, 6.07) is 7.32. The Morgan fingerprint density at radius 1 is 1.43 bits per heavy atom. The molecule has 0 radical (unpaired) electrons. The summed E-state index contributed by atoms with van der Waals surface area (Å²) in [6.45, 7) is 1.87. The number of rotatable bonds is 4. The summed E-state index contributed by atoms with van der Waals surface area (Å²) in [6.07, 6.45) is -0.0546. The minimum atomic E-state index is -1.20. The second-order valence-corrected chi connectivity index (χ2v) is 4.50. The zero-order valence-corrected chi connectivity index (χ0v) is 8.71. The van der Waals surface area contributed by atoms with E-state index in [9.17, 15) is 9.00 Å². The molecular formula is C10H12O3S. The van der Waals surface area contributed by atoms with Gasteiger partial charge in [0.2, 0.25) is 0 Å². The Balaban J connectivity index is 2.70. The number of benzene rings is 1. The Morgan fingerprint density at radius 3 is 2.64 bits per heavy atom. The average molecular weight is 212 g/mol. The van der Waals surface area contributed by atoms with E-state index in [1.807, 2.05) is 19.1 Å². The number of carboxylic acids is 1. The third-order valence-corrected chi connectivity index (χ3v) is 3.36. The highest BCUT2D eigenvalue weighted by atomic mass is 32.2. The topological polar surface area (TPSA) is 54.4 Å². The van der Waals surface area contributed by atoms with Crippen molar-refractivity contribution in [3.05, 3.63) is 29.8 Å².